The van der Waals surface area contributed by atoms with Gasteiger partial charge in [-0.3, -0.25) is 9.78 Å². The van der Waals surface area contributed by atoms with E-state index in [1.807, 2.05) is 11.0 Å². The zero-order chi connectivity index (χ0) is 14.3. The van der Waals surface area contributed by atoms with Gasteiger partial charge in [0, 0.05) is 5.92 Å². The lowest BCUT2D eigenvalue weighted by Gasteiger charge is -2.33. The van der Waals surface area contributed by atoms with Crippen LogP contribution in [0.15, 0.2) is 16.9 Å². The number of H-pyrrole nitrogens is 1. The summed E-state index contributed by atoms with van der Waals surface area (Å²) in [5, 5.41) is 22.1. The molecule has 0 fully saturated rings. The Kier molecular flexibility index (Phi) is 3.11. The summed E-state index contributed by atoms with van der Waals surface area (Å²) in [6, 6.07) is -0.0877. The van der Waals surface area contributed by atoms with Crippen molar-refractivity contribution >= 4 is 17.5 Å². The van der Waals surface area contributed by atoms with Crippen molar-refractivity contribution in [2.24, 2.45) is 5.92 Å². The first kappa shape index (κ1) is 12.9. The Balaban J connectivity index is 1.91. The summed E-state index contributed by atoms with van der Waals surface area (Å²) in [6.45, 7) is 0.352. The van der Waals surface area contributed by atoms with Crippen LogP contribution >= 0.6 is 0 Å². The summed E-state index contributed by atoms with van der Waals surface area (Å²) in [4.78, 5) is 20.2. The molecular weight excluding hydrogens is 262 g/mol. The Hall–Kier alpha value is -2.06. The Morgan fingerprint density at radius 2 is 2.30 bits per heavy atom. The number of nitrogens with zero attached hydrogens (tertiary/aromatic N) is 2. The molecule has 0 unspecified atom stereocenters. The van der Waals surface area contributed by atoms with Gasteiger partial charge in [0.2, 0.25) is 5.95 Å². The highest BCUT2D eigenvalue weighted by molar-refractivity contribution is 5.71. The summed E-state index contributed by atoms with van der Waals surface area (Å²) in [6.07, 6.45) is 3.58. The van der Waals surface area contributed by atoms with Crippen LogP contribution in [0.2, 0.25) is 0 Å². The summed E-state index contributed by atoms with van der Waals surface area (Å²) in [7, 11) is 0. The Labute approximate surface area is 114 Å². The maximum atomic E-state index is 11.8. The van der Waals surface area contributed by atoms with Crippen LogP contribution in [-0.2, 0) is 0 Å². The number of anilines is 3. The van der Waals surface area contributed by atoms with Gasteiger partial charge in [-0.05, 0) is 6.42 Å². The summed E-state index contributed by atoms with van der Waals surface area (Å²) < 4.78 is 0. The van der Waals surface area contributed by atoms with Gasteiger partial charge in [0.25, 0.3) is 5.56 Å². The monoisotopic (exact) mass is 279 g/mol. The van der Waals surface area contributed by atoms with E-state index >= 15 is 0 Å². The molecule has 1 aromatic heterocycles. The van der Waals surface area contributed by atoms with E-state index in [4.69, 9.17) is 10.8 Å². The van der Waals surface area contributed by atoms with Gasteiger partial charge < -0.3 is 26.2 Å². The molecule has 3 atom stereocenters. The van der Waals surface area contributed by atoms with E-state index in [0.717, 1.165) is 0 Å². The largest absolute Gasteiger partial charge is 0.396 e. The lowest BCUT2D eigenvalue weighted by atomic mass is 9.90. The molecule has 3 rings (SSSR count). The van der Waals surface area contributed by atoms with Crippen molar-refractivity contribution in [1.29, 1.82) is 0 Å². The molecule has 108 valence electrons. The number of nitrogens with one attached hydrogen (secondary N) is 2. The summed E-state index contributed by atoms with van der Waals surface area (Å²) in [5.74, 6) is 0.324. The number of aliphatic hydroxyl groups is 2. The quantitative estimate of drug-likeness (QED) is 0.432. The van der Waals surface area contributed by atoms with Crippen LogP contribution in [0.1, 0.15) is 6.42 Å². The molecule has 1 aliphatic heterocycles. The highest BCUT2D eigenvalue weighted by atomic mass is 16.3. The van der Waals surface area contributed by atoms with Crippen LogP contribution < -0.4 is 21.5 Å². The van der Waals surface area contributed by atoms with E-state index in [1.54, 1.807) is 6.08 Å². The number of hydrogen-bond donors (Lipinski definition) is 5. The minimum atomic E-state index is -0.613. The average molecular weight is 279 g/mol. The van der Waals surface area contributed by atoms with Gasteiger partial charge in [-0.25, -0.2) is 0 Å². The van der Waals surface area contributed by atoms with Crippen LogP contribution in [0.4, 0.5) is 17.5 Å². The fourth-order valence-corrected chi connectivity index (χ4v) is 2.67. The molecule has 1 aliphatic carbocycles. The predicted molar refractivity (Wildman–Crippen MR) is 74.4 cm³/mol. The van der Waals surface area contributed by atoms with Crippen molar-refractivity contribution in [3.63, 3.8) is 0 Å². The topological polar surface area (TPSA) is 128 Å². The number of aliphatic hydroxyl groups excluding tert-OH is 2. The van der Waals surface area contributed by atoms with Crippen LogP contribution in [0.5, 0.6) is 0 Å². The minimum absolute atomic E-state index is 0.0658. The van der Waals surface area contributed by atoms with E-state index in [0.29, 0.717) is 24.6 Å². The molecule has 0 aromatic carbocycles. The Morgan fingerprint density at radius 3 is 3.00 bits per heavy atom. The molecule has 2 aliphatic rings. The maximum absolute atomic E-state index is 11.8. The lowest BCUT2D eigenvalue weighted by molar-refractivity contribution is 0.0760. The normalized spacial score (nSPS) is 28.3. The number of hydrogen-bond acceptors (Lipinski definition) is 7. The molecule has 0 bridgehead atoms. The van der Waals surface area contributed by atoms with E-state index in [1.165, 1.54) is 0 Å². The van der Waals surface area contributed by atoms with Crippen molar-refractivity contribution in [3.05, 3.63) is 22.5 Å². The lowest BCUT2D eigenvalue weighted by Crippen LogP contribution is -2.41. The second-order valence-electron chi connectivity index (χ2n) is 5.06. The Morgan fingerprint density at radius 1 is 1.50 bits per heavy atom. The average Bonchev–Trinajstić information content (AvgIpc) is 2.82. The third-order valence-electron chi connectivity index (χ3n) is 3.79. The summed E-state index contributed by atoms with van der Waals surface area (Å²) in [5.41, 5.74) is 5.67. The molecule has 20 heavy (non-hydrogen) atoms. The molecule has 0 amide bonds. The highest BCUT2D eigenvalue weighted by Crippen LogP contribution is 2.31. The number of aromatic nitrogens is 2. The van der Waals surface area contributed by atoms with Crippen LogP contribution in [-0.4, -0.2) is 45.6 Å². The molecule has 6 N–H and O–H groups in total. The minimum Gasteiger partial charge on any atom is -0.396 e. The van der Waals surface area contributed by atoms with Crippen molar-refractivity contribution < 1.29 is 10.2 Å². The standard InChI is InChI=1S/C12H17N5O3/c13-12-15-10-9(11(20)16-12)14-5-17(10)7-2-1-6(4-18)8(19)3-7/h1-2,6-8,14,18-19H,3-5H2,(H3,13,15,16,20)/t6-,7-,8+/m1/s1. The van der Waals surface area contributed by atoms with Gasteiger partial charge in [-0.15, -0.1) is 0 Å². The highest BCUT2D eigenvalue weighted by Gasteiger charge is 2.33. The molecule has 0 spiro atoms. The van der Waals surface area contributed by atoms with Gasteiger partial charge in [0.1, 0.15) is 5.69 Å². The van der Waals surface area contributed by atoms with Gasteiger partial charge in [-0.2, -0.15) is 4.98 Å². The van der Waals surface area contributed by atoms with Crippen molar-refractivity contribution in [2.75, 3.05) is 29.2 Å². The molecule has 8 nitrogen and oxygen atoms in total. The molecular formula is C12H17N5O3. The number of nitrogen functional groups attached to an aromatic ring is 1. The number of rotatable bonds is 2. The molecule has 0 saturated heterocycles. The molecule has 2 heterocycles. The smallest absolute Gasteiger partial charge is 0.277 e. The van der Waals surface area contributed by atoms with Crippen LogP contribution in [0.25, 0.3) is 0 Å². The van der Waals surface area contributed by atoms with E-state index < -0.39 is 6.10 Å². The van der Waals surface area contributed by atoms with E-state index in [2.05, 4.69) is 15.3 Å². The zero-order valence-electron chi connectivity index (χ0n) is 10.8. The molecule has 1 aromatic rings. The fraction of sp³-hybridized carbons (Fsp3) is 0.500. The summed E-state index contributed by atoms with van der Waals surface area (Å²) >= 11 is 0. The van der Waals surface area contributed by atoms with Crippen molar-refractivity contribution in [1.82, 2.24) is 9.97 Å². The van der Waals surface area contributed by atoms with Gasteiger partial charge in [-0.1, -0.05) is 12.2 Å². The number of aromatic amines is 1. The molecule has 0 radical (unpaired) electrons. The molecule has 8 heteroatoms. The van der Waals surface area contributed by atoms with Crippen LogP contribution in [0, 0.1) is 5.92 Å². The first-order valence-electron chi connectivity index (χ1n) is 6.47. The van der Waals surface area contributed by atoms with Crippen molar-refractivity contribution in [2.45, 2.75) is 18.6 Å². The Bertz CT molecular complexity index is 599. The zero-order valence-corrected chi connectivity index (χ0v) is 10.8. The third-order valence-corrected chi connectivity index (χ3v) is 3.79. The van der Waals surface area contributed by atoms with Gasteiger partial charge >= 0.3 is 0 Å². The van der Waals surface area contributed by atoms with Crippen LogP contribution in [0.3, 0.4) is 0 Å². The number of fused-ring (bicyclic) bond motifs is 1. The van der Waals surface area contributed by atoms with Gasteiger partial charge in [0.15, 0.2) is 5.82 Å². The van der Waals surface area contributed by atoms with E-state index in [9.17, 15) is 9.90 Å². The van der Waals surface area contributed by atoms with Gasteiger partial charge in [0.05, 0.1) is 25.4 Å². The maximum Gasteiger partial charge on any atom is 0.277 e. The first-order valence-corrected chi connectivity index (χ1v) is 6.47. The van der Waals surface area contributed by atoms with E-state index in [-0.39, 0.29) is 30.1 Å². The first-order chi connectivity index (χ1) is 9.60. The second-order valence-corrected chi connectivity index (χ2v) is 5.06. The third kappa shape index (κ3) is 2.02. The van der Waals surface area contributed by atoms with Crippen molar-refractivity contribution in [3.8, 4) is 0 Å². The SMILES string of the molecule is Nc1nc2c(c(=O)[nH]1)NCN2[C@@H]1C=C[C@H](CO)[C@@H](O)C1. The number of nitrogens with two attached hydrogens (primary N) is 1. The fourth-order valence-electron chi connectivity index (χ4n) is 2.67. The predicted octanol–water partition coefficient (Wildman–Crippen LogP) is -1.16. The molecule has 0 saturated carbocycles. The second kappa shape index (κ2) is 4.80.